The number of aromatic carboxylic acids is 1. The molecule has 8 heteroatoms. The normalized spacial score (nSPS) is 16.5. The lowest BCUT2D eigenvalue weighted by atomic mass is 9.62. The number of nitrogens with zero attached hydrogens (tertiary/aromatic N) is 2. The summed E-state index contributed by atoms with van der Waals surface area (Å²) in [7, 11) is 0. The average molecular weight is 963 g/mol. The van der Waals surface area contributed by atoms with Crippen LogP contribution in [0.5, 0.6) is 0 Å². The maximum Gasteiger partial charge on any atom is 0.335 e. The van der Waals surface area contributed by atoms with Gasteiger partial charge >= 0.3 is 5.97 Å². The number of carboxylic acids is 1. The molecule has 0 atom stereocenters. The third-order valence-electron chi connectivity index (χ3n) is 13.8. The highest BCUT2D eigenvalue weighted by Gasteiger charge is 2.39. The molecule has 2 heterocycles. The Morgan fingerprint density at radius 3 is 1.55 bits per heavy atom. The lowest BCUT2D eigenvalue weighted by molar-refractivity contribution is 0.0697. The maximum atomic E-state index is 11.1. The first-order valence-corrected chi connectivity index (χ1v) is 26.7. The number of thioether (sulfide) groups is 2. The monoisotopic (exact) mass is 962 g/mol. The van der Waals surface area contributed by atoms with E-state index in [1.807, 2.05) is 35.5 Å². The largest absolute Gasteiger partial charge is 0.478 e. The van der Waals surface area contributed by atoms with E-state index in [-0.39, 0.29) is 29.1 Å². The summed E-state index contributed by atoms with van der Waals surface area (Å²) in [5.41, 5.74) is 16.9. The van der Waals surface area contributed by atoms with Crippen molar-refractivity contribution in [2.75, 3.05) is 0 Å². The van der Waals surface area contributed by atoms with Crippen LogP contribution < -0.4 is 0 Å². The first-order chi connectivity index (χ1) is 31.4. The van der Waals surface area contributed by atoms with Gasteiger partial charge in [-0.25, -0.2) is 14.8 Å². The average Bonchev–Trinajstić information content (AvgIpc) is 3.98. The van der Waals surface area contributed by atoms with Gasteiger partial charge in [-0.05, 0) is 134 Å². The van der Waals surface area contributed by atoms with Gasteiger partial charge in [-0.15, -0.1) is 22.7 Å². The zero-order chi connectivity index (χ0) is 46.9. The standard InChI is InChI=1S/C31H33NS2.C27H29NO2S2.CH4/c1-21-10-12-22(13-11-21)14-15-23-18-25-26(31(4,5)17-16-30(25,2)3)19-24(23)20-33-29-32-27-8-6-7-9-28(27)34-29;1-26(2)11-12-27(3,4)23-16-21(17-32-25-28-13-14-31-25)20(15-22(23)26)10-7-18-5-8-19(9-6-18)24(29)30;/h6-15,18-19H,16-17,20H2,1-5H3;5-10,13-16H,11-12,17H2,1-4H3,(H,29,30);1H4/b15-14+;10-7+;. The molecule has 0 fully saturated rings. The number of thiazole rings is 2. The van der Waals surface area contributed by atoms with Gasteiger partial charge in [0.05, 0.1) is 15.8 Å². The summed E-state index contributed by atoms with van der Waals surface area (Å²) in [6.07, 6.45) is 15.5. The van der Waals surface area contributed by atoms with E-state index in [1.54, 1.807) is 46.6 Å². The van der Waals surface area contributed by atoms with Crippen molar-refractivity contribution in [3.05, 3.63) is 175 Å². The molecule has 0 aliphatic heterocycles. The van der Waals surface area contributed by atoms with E-state index in [4.69, 9.17) is 10.1 Å². The van der Waals surface area contributed by atoms with Crippen LogP contribution in [0.3, 0.4) is 0 Å². The highest BCUT2D eigenvalue weighted by atomic mass is 32.2. The Morgan fingerprint density at radius 2 is 1.09 bits per heavy atom. The van der Waals surface area contributed by atoms with Gasteiger partial charge in [-0.1, -0.05) is 189 Å². The first-order valence-electron chi connectivity index (χ1n) is 23.0. The van der Waals surface area contributed by atoms with Gasteiger partial charge in [-0.2, -0.15) is 0 Å². The Bertz CT molecular complexity index is 2870. The maximum absolute atomic E-state index is 11.1. The third-order valence-corrected chi connectivity index (χ3v) is 18.0. The van der Waals surface area contributed by atoms with Crippen LogP contribution in [0.15, 0.2) is 117 Å². The fourth-order valence-electron chi connectivity index (χ4n) is 9.17. The van der Waals surface area contributed by atoms with E-state index < -0.39 is 5.97 Å². The second-order valence-electron chi connectivity index (χ2n) is 20.6. The summed E-state index contributed by atoms with van der Waals surface area (Å²) in [6, 6.07) is 34.0. The molecule has 0 unspecified atom stereocenters. The fourth-order valence-corrected chi connectivity index (χ4v) is 12.9. The van der Waals surface area contributed by atoms with Crippen molar-refractivity contribution >= 4 is 86.7 Å². The lowest BCUT2D eigenvalue weighted by Gasteiger charge is -2.42. The van der Waals surface area contributed by atoms with Crippen LogP contribution in [0.2, 0.25) is 0 Å². The summed E-state index contributed by atoms with van der Waals surface area (Å²) in [5, 5.41) is 11.2. The number of hydrogen-bond acceptors (Lipinski definition) is 7. The smallest absolute Gasteiger partial charge is 0.335 e. The molecule has 2 aliphatic rings. The zero-order valence-electron chi connectivity index (χ0n) is 39.8. The number of rotatable bonds is 11. The minimum absolute atomic E-state index is 0. The van der Waals surface area contributed by atoms with Gasteiger partial charge in [0, 0.05) is 23.1 Å². The zero-order valence-corrected chi connectivity index (χ0v) is 43.1. The molecule has 2 aliphatic carbocycles. The fraction of sp³-hybridized carbons (Fsp3) is 0.339. The number of aryl methyl sites for hydroxylation is 1. The summed E-state index contributed by atoms with van der Waals surface area (Å²) >= 11 is 7.11. The molecule has 0 bridgehead atoms. The summed E-state index contributed by atoms with van der Waals surface area (Å²) < 4.78 is 3.49. The molecule has 7 aromatic rings. The van der Waals surface area contributed by atoms with Crippen molar-refractivity contribution < 1.29 is 9.90 Å². The molecule has 348 valence electrons. The SMILES string of the molecule is C.CC1(C)CCC(C)(C)c2cc(CSc3nccs3)c(/C=C/c3ccc(C(=O)O)cc3)cc21.Cc1ccc(/C=C/c2cc3c(cc2CSc2nc4ccccc4s2)C(C)(C)CCC3(C)C)cc1. The summed E-state index contributed by atoms with van der Waals surface area (Å²) in [6.45, 7) is 21.2. The minimum atomic E-state index is -0.901. The molecule has 9 rings (SSSR count). The van der Waals surface area contributed by atoms with Crippen LogP contribution in [-0.2, 0) is 33.2 Å². The molecular weight excluding hydrogens is 897 g/mol. The Hall–Kier alpha value is -4.73. The molecule has 0 amide bonds. The second-order valence-corrected chi connectivity index (χ2v) is 24.9. The van der Waals surface area contributed by atoms with E-state index in [0.29, 0.717) is 5.56 Å². The molecule has 1 N–H and O–H groups in total. The predicted octanol–water partition coefficient (Wildman–Crippen LogP) is 17.7. The van der Waals surface area contributed by atoms with Gasteiger partial charge in [0.1, 0.15) is 4.34 Å². The molecular formula is C59H66N2O2S4. The number of benzene rings is 5. The van der Waals surface area contributed by atoms with Crippen LogP contribution in [0.1, 0.15) is 160 Å². The van der Waals surface area contributed by atoms with Crippen LogP contribution >= 0.6 is 46.2 Å². The van der Waals surface area contributed by atoms with Crippen LogP contribution in [0, 0.1) is 6.92 Å². The number of carboxylic acid groups (broad SMARTS) is 1. The minimum Gasteiger partial charge on any atom is -0.478 e. The van der Waals surface area contributed by atoms with Gasteiger partial charge in [0.25, 0.3) is 0 Å². The second kappa shape index (κ2) is 20.5. The number of carbonyl (C=O) groups is 1. The van der Waals surface area contributed by atoms with E-state index in [0.717, 1.165) is 31.3 Å². The topological polar surface area (TPSA) is 63.1 Å². The highest BCUT2D eigenvalue weighted by Crippen LogP contribution is 2.49. The Balaban J connectivity index is 0.000000196. The lowest BCUT2D eigenvalue weighted by Crippen LogP contribution is -2.34. The van der Waals surface area contributed by atoms with Gasteiger partial charge in [0.2, 0.25) is 0 Å². The van der Waals surface area contributed by atoms with Gasteiger partial charge in [-0.3, -0.25) is 0 Å². The number of aromatic nitrogens is 2. The summed E-state index contributed by atoms with van der Waals surface area (Å²) in [5.74, 6) is 0.896. The summed E-state index contributed by atoms with van der Waals surface area (Å²) in [4.78, 5) is 20.4. The van der Waals surface area contributed by atoms with Crippen molar-refractivity contribution in [1.82, 2.24) is 9.97 Å². The van der Waals surface area contributed by atoms with Crippen LogP contribution in [0.25, 0.3) is 34.5 Å². The molecule has 0 saturated heterocycles. The Kier molecular flexibility index (Phi) is 15.3. The molecule has 0 saturated carbocycles. The van der Waals surface area contributed by atoms with Crippen molar-refractivity contribution in [3.63, 3.8) is 0 Å². The molecule has 4 nitrogen and oxygen atoms in total. The Labute approximate surface area is 416 Å². The van der Waals surface area contributed by atoms with Crippen molar-refractivity contribution in [2.45, 2.75) is 137 Å². The van der Waals surface area contributed by atoms with Crippen LogP contribution in [0.4, 0.5) is 0 Å². The van der Waals surface area contributed by atoms with Crippen molar-refractivity contribution in [1.29, 1.82) is 0 Å². The molecule has 2 aromatic heterocycles. The van der Waals surface area contributed by atoms with Gasteiger partial charge < -0.3 is 5.11 Å². The van der Waals surface area contributed by atoms with E-state index in [2.05, 4.69) is 164 Å². The number of para-hydroxylation sites is 1. The van der Waals surface area contributed by atoms with Crippen molar-refractivity contribution in [3.8, 4) is 0 Å². The molecule has 0 radical (unpaired) electrons. The number of hydrogen-bond donors (Lipinski definition) is 1. The van der Waals surface area contributed by atoms with E-state index >= 15 is 0 Å². The quantitative estimate of drug-likeness (QED) is 0.103. The van der Waals surface area contributed by atoms with E-state index in [9.17, 15) is 4.79 Å². The molecule has 5 aromatic carbocycles. The van der Waals surface area contributed by atoms with Crippen molar-refractivity contribution in [2.24, 2.45) is 0 Å². The van der Waals surface area contributed by atoms with Crippen LogP contribution in [-0.4, -0.2) is 21.0 Å². The number of fused-ring (bicyclic) bond motifs is 3. The molecule has 0 spiro atoms. The third kappa shape index (κ3) is 11.8. The predicted molar refractivity (Wildman–Crippen MR) is 293 cm³/mol. The first kappa shape index (κ1) is 50.2. The Morgan fingerprint density at radius 1 is 0.627 bits per heavy atom. The van der Waals surface area contributed by atoms with E-state index in [1.165, 1.54) is 86.0 Å². The highest BCUT2D eigenvalue weighted by molar-refractivity contribution is 8.00. The van der Waals surface area contributed by atoms with Gasteiger partial charge in [0.15, 0.2) is 4.34 Å². The molecule has 67 heavy (non-hydrogen) atoms.